The maximum absolute atomic E-state index is 13.6. The van der Waals surface area contributed by atoms with Crippen LogP contribution in [-0.2, 0) is 11.3 Å². The van der Waals surface area contributed by atoms with E-state index in [0.29, 0.717) is 47.0 Å². The molecule has 0 amide bonds. The molecular weight excluding hydrogens is 505 g/mol. The molecule has 0 atom stereocenters. The highest BCUT2D eigenvalue weighted by molar-refractivity contribution is 7.97. The summed E-state index contributed by atoms with van der Waals surface area (Å²) in [5.74, 6) is 6.93. The van der Waals surface area contributed by atoms with Crippen LogP contribution in [-0.4, -0.2) is 50.8 Å². The summed E-state index contributed by atoms with van der Waals surface area (Å²) in [4.78, 5) is 0.839. The number of rotatable bonds is 8. The van der Waals surface area contributed by atoms with E-state index in [2.05, 4.69) is 22.5 Å². The summed E-state index contributed by atoms with van der Waals surface area (Å²) >= 11 is 1.10. The molecule has 11 heteroatoms. The summed E-state index contributed by atoms with van der Waals surface area (Å²) in [5.41, 5.74) is 2.09. The van der Waals surface area contributed by atoms with Crippen molar-refractivity contribution >= 4 is 34.2 Å². The molecule has 1 aliphatic heterocycles. The highest BCUT2D eigenvalue weighted by atomic mass is 32.2. The molecule has 7 nitrogen and oxygen atoms in total. The number of nitrogens with one attached hydrogen (secondary N) is 2. The molecule has 1 aliphatic rings. The average molecular weight is 535 g/mol. The van der Waals surface area contributed by atoms with Gasteiger partial charge in [-0.2, -0.15) is 13.2 Å². The monoisotopic (exact) mass is 534 g/mol. The zero-order valence-electron chi connectivity index (χ0n) is 20.6. The number of nitrogens with two attached hydrogens (primary N) is 1. The standard InChI is InChI=1S/C26H29F3N4O3S/c1-34-19-13-23(32-17-7-10-36-11-8-17)21-12-18(33(24(21)14-19)16-26(27,28)29)4-3-9-31-22-6-5-20(37-30)15-25(22)35-2/h5-6,12-15,17,31-32H,7-11,16,30H2,1-2H3. The van der Waals surface area contributed by atoms with Crippen LogP contribution in [0.1, 0.15) is 18.5 Å². The Bertz CT molecular complexity index is 1290. The fourth-order valence-electron chi connectivity index (χ4n) is 4.25. The maximum Gasteiger partial charge on any atom is 0.406 e. The quantitative estimate of drug-likeness (QED) is 0.269. The van der Waals surface area contributed by atoms with Crippen LogP contribution in [0.3, 0.4) is 0 Å². The molecule has 2 heterocycles. The molecular formula is C26H29F3N4O3S. The predicted molar refractivity (Wildman–Crippen MR) is 140 cm³/mol. The zero-order chi connectivity index (χ0) is 26.4. The van der Waals surface area contributed by atoms with E-state index in [0.717, 1.165) is 29.7 Å². The second-order valence-corrected chi connectivity index (χ2v) is 9.21. The van der Waals surface area contributed by atoms with Crippen molar-refractivity contribution in [1.82, 2.24) is 4.57 Å². The smallest absolute Gasteiger partial charge is 0.406 e. The fraction of sp³-hybridized carbons (Fsp3) is 0.385. The van der Waals surface area contributed by atoms with Crippen molar-refractivity contribution in [2.24, 2.45) is 5.14 Å². The number of hydrogen-bond donors (Lipinski definition) is 3. The first-order valence-electron chi connectivity index (χ1n) is 11.7. The minimum Gasteiger partial charge on any atom is -0.497 e. The largest absolute Gasteiger partial charge is 0.497 e. The molecule has 3 aromatic rings. The summed E-state index contributed by atoms with van der Waals surface area (Å²) in [6, 6.07) is 10.7. The van der Waals surface area contributed by atoms with E-state index in [1.807, 2.05) is 18.2 Å². The number of aromatic nitrogens is 1. The van der Waals surface area contributed by atoms with Gasteiger partial charge in [0.25, 0.3) is 0 Å². The number of methoxy groups -OCH3 is 2. The van der Waals surface area contributed by atoms with Gasteiger partial charge in [-0.15, -0.1) is 0 Å². The van der Waals surface area contributed by atoms with Gasteiger partial charge in [0, 0.05) is 47.4 Å². The lowest BCUT2D eigenvalue weighted by Gasteiger charge is -2.25. The van der Waals surface area contributed by atoms with Gasteiger partial charge in [-0.3, -0.25) is 5.14 Å². The van der Waals surface area contributed by atoms with Crippen molar-refractivity contribution in [3.05, 3.63) is 42.1 Å². The lowest BCUT2D eigenvalue weighted by molar-refractivity contribution is -0.140. The molecule has 0 radical (unpaired) electrons. The van der Waals surface area contributed by atoms with Gasteiger partial charge in [0.2, 0.25) is 0 Å². The second kappa shape index (κ2) is 11.9. The third-order valence-corrected chi connectivity index (χ3v) is 6.57. The maximum atomic E-state index is 13.6. The van der Waals surface area contributed by atoms with E-state index < -0.39 is 12.7 Å². The Morgan fingerprint density at radius 3 is 2.57 bits per heavy atom. The Balaban J connectivity index is 1.66. The van der Waals surface area contributed by atoms with E-state index in [-0.39, 0.29) is 18.3 Å². The number of anilines is 2. The van der Waals surface area contributed by atoms with Crippen molar-refractivity contribution in [3.63, 3.8) is 0 Å². The van der Waals surface area contributed by atoms with Crippen LogP contribution in [0, 0.1) is 11.8 Å². The number of benzene rings is 2. The van der Waals surface area contributed by atoms with Gasteiger partial charge in [-0.25, -0.2) is 0 Å². The summed E-state index contributed by atoms with van der Waals surface area (Å²) in [6.07, 6.45) is -2.79. The van der Waals surface area contributed by atoms with Gasteiger partial charge >= 0.3 is 6.18 Å². The first kappa shape index (κ1) is 26.9. The number of fused-ring (bicyclic) bond motifs is 1. The molecule has 0 unspecified atom stereocenters. The third kappa shape index (κ3) is 6.77. The van der Waals surface area contributed by atoms with Crippen LogP contribution < -0.4 is 25.2 Å². The summed E-state index contributed by atoms with van der Waals surface area (Å²) < 4.78 is 58.1. The van der Waals surface area contributed by atoms with E-state index in [9.17, 15) is 13.2 Å². The van der Waals surface area contributed by atoms with E-state index in [1.165, 1.54) is 11.7 Å². The van der Waals surface area contributed by atoms with Crippen LogP contribution in [0.25, 0.3) is 10.9 Å². The van der Waals surface area contributed by atoms with Crippen molar-refractivity contribution in [2.75, 3.05) is 44.6 Å². The molecule has 4 N–H and O–H groups in total. The Labute approximate surface area is 217 Å². The number of hydrogen-bond acceptors (Lipinski definition) is 7. The Morgan fingerprint density at radius 1 is 1.11 bits per heavy atom. The van der Waals surface area contributed by atoms with Crippen molar-refractivity contribution < 1.29 is 27.4 Å². The zero-order valence-corrected chi connectivity index (χ0v) is 21.4. The van der Waals surface area contributed by atoms with Crippen molar-refractivity contribution in [1.29, 1.82) is 0 Å². The van der Waals surface area contributed by atoms with E-state index in [4.69, 9.17) is 19.3 Å². The molecule has 0 bridgehead atoms. The highest BCUT2D eigenvalue weighted by Gasteiger charge is 2.30. The Hall–Kier alpha value is -3.20. The van der Waals surface area contributed by atoms with Crippen LogP contribution in [0.4, 0.5) is 24.5 Å². The van der Waals surface area contributed by atoms with Crippen LogP contribution in [0.2, 0.25) is 0 Å². The molecule has 0 spiro atoms. The molecule has 37 heavy (non-hydrogen) atoms. The number of alkyl halides is 3. The number of ether oxygens (including phenoxy) is 3. The van der Waals surface area contributed by atoms with Crippen LogP contribution in [0.5, 0.6) is 11.5 Å². The third-order valence-electron chi connectivity index (χ3n) is 6.04. The van der Waals surface area contributed by atoms with Crippen LogP contribution in [0.15, 0.2) is 41.3 Å². The normalized spacial score (nSPS) is 14.2. The topological polar surface area (TPSA) is 82.7 Å². The summed E-state index contributed by atoms with van der Waals surface area (Å²) in [7, 11) is 3.04. The van der Waals surface area contributed by atoms with Crippen molar-refractivity contribution in [2.45, 2.75) is 36.5 Å². The summed E-state index contributed by atoms with van der Waals surface area (Å²) in [5, 5.41) is 12.9. The van der Waals surface area contributed by atoms with Gasteiger partial charge in [-0.1, -0.05) is 5.92 Å². The number of halogens is 3. The Kier molecular flexibility index (Phi) is 8.63. The molecule has 0 aliphatic carbocycles. The highest BCUT2D eigenvalue weighted by Crippen LogP contribution is 2.35. The Morgan fingerprint density at radius 2 is 1.89 bits per heavy atom. The van der Waals surface area contributed by atoms with E-state index >= 15 is 0 Å². The molecule has 4 rings (SSSR count). The fourth-order valence-corrected chi connectivity index (χ4v) is 4.57. The second-order valence-electron chi connectivity index (χ2n) is 8.50. The molecule has 1 aromatic heterocycles. The minimum absolute atomic E-state index is 0.160. The predicted octanol–water partition coefficient (Wildman–Crippen LogP) is 5.24. The first-order chi connectivity index (χ1) is 17.8. The van der Waals surface area contributed by atoms with Crippen molar-refractivity contribution in [3.8, 4) is 23.3 Å². The molecule has 2 aromatic carbocycles. The first-order valence-corrected chi connectivity index (χ1v) is 12.6. The van der Waals surface area contributed by atoms with E-state index in [1.54, 1.807) is 25.3 Å². The lowest BCUT2D eigenvalue weighted by Crippen LogP contribution is -2.27. The van der Waals surface area contributed by atoms with Gasteiger partial charge in [0.05, 0.1) is 37.7 Å². The molecule has 1 fully saturated rings. The molecule has 1 saturated heterocycles. The lowest BCUT2D eigenvalue weighted by atomic mass is 10.1. The van der Waals surface area contributed by atoms with Gasteiger partial charge < -0.3 is 29.4 Å². The van der Waals surface area contributed by atoms with Gasteiger partial charge in [0.1, 0.15) is 18.0 Å². The molecule has 198 valence electrons. The molecule has 0 saturated carbocycles. The van der Waals surface area contributed by atoms with Gasteiger partial charge in [0.15, 0.2) is 0 Å². The minimum atomic E-state index is -4.42. The van der Waals surface area contributed by atoms with Crippen LogP contribution >= 0.6 is 11.9 Å². The summed E-state index contributed by atoms with van der Waals surface area (Å²) in [6.45, 7) is 0.323. The average Bonchev–Trinajstić information content (AvgIpc) is 3.23. The van der Waals surface area contributed by atoms with Gasteiger partial charge in [-0.05, 0) is 55.0 Å². The SMILES string of the molecule is COc1cc(NC2CCOCC2)c2cc(C#CCNc3ccc(SN)cc3OC)n(CC(F)(F)F)c2c1. The number of nitrogens with zero attached hydrogens (tertiary/aromatic N) is 1.